The molecule has 0 amide bonds. The topological polar surface area (TPSA) is 52.7 Å². The maximum absolute atomic E-state index is 12.7. The highest BCUT2D eigenvalue weighted by atomic mass is 32.2. The largest absolute Gasteiger partial charge is 0.371 e. The van der Waals surface area contributed by atoms with Gasteiger partial charge in [-0.3, -0.25) is 0 Å². The first-order chi connectivity index (χ1) is 19.5. The van der Waals surface area contributed by atoms with Crippen LogP contribution in [-0.4, -0.2) is 58.3 Å². The lowest BCUT2D eigenvalue weighted by Crippen LogP contribution is -2.59. The van der Waals surface area contributed by atoms with Gasteiger partial charge >= 0.3 is 0 Å². The summed E-state index contributed by atoms with van der Waals surface area (Å²) in [7, 11) is -3.15. The third-order valence-corrected chi connectivity index (χ3v) is 13.1. The fourth-order valence-electron chi connectivity index (χ4n) is 8.85. The van der Waals surface area contributed by atoms with E-state index >= 15 is 0 Å². The summed E-state index contributed by atoms with van der Waals surface area (Å²) in [6, 6.07) is 17.1. The molecule has 1 unspecified atom stereocenters. The van der Waals surface area contributed by atoms with Crippen molar-refractivity contribution < 1.29 is 8.42 Å². The van der Waals surface area contributed by atoms with Crippen LogP contribution in [0.4, 0.5) is 5.69 Å². The van der Waals surface area contributed by atoms with E-state index in [0.717, 1.165) is 50.0 Å². The van der Waals surface area contributed by atoms with Gasteiger partial charge in [-0.2, -0.15) is 0 Å². The number of piperidine rings is 1. The van der Waals surface area contributed by atoms with E-state index in [0.29, 0.717) is 22.5 Å². The minimum Gasteiger partial charge on any atom is -0.371 e. The van der Waals surface area contributed by atoms with Crippen LogP contribution in [0.5, 0.6) is 0 Å². The Morgan fingerprint density at radius 2 is 1.50 bits per heavy atom. The Labute approximate surface area is 241 Å². The van der Waals surface area contributed by atoms with Crippen molar-refractivity contribution in [1.29, 1.82) is 0 Å². The number of anilines is 1. The maximum atomic E-state index is 12.7. The molecule has 1 atom stereocenters. The summed E-state index contributed by atoms with van der Waals surface area (Å²) in [6.07, 6.45) is 12.6. The summed E-state index contributed by atoms with van der Waals surface area (Å²) in [4.78, 5) is 5.64. The van der Waals surface area contributed by atoms with Gasteiger partial charge in [-0.25, -0.2) is 8.42 Å². The summed E-state index contributed by atoms with van der Waals surface area (Å²) in [5.74, 6) is 2.90. The monoisotopic (exact) mass is 561 g/mol. The lowest BCUT2D eigenvalue weighted by atomic mass is 9.63. The van der Waals surface area contributed by atoms with Crippen LogP contribution in [0, 0.1) is 23.7 Å². The second-order valence-corrected chi connectivity index (χ2v) is 15.6. The third kappa shape index (κ3) is 5.03. The SMILES string of the molecule is O=S(=O)(CC1CCC1)c1ccc(N2CC(CN3CCC(C4(C5CCCC5)NCCc5ccccc54)CC3)C2)cc1. The summed E-state index contributed by atoms with van der Waals surface area (Å²) in [6.45, 7) is 6.90. The molecule has 0 aromatic heterocycles. The van der Waals surface area contributed by atoms with E-state index in [9.17, 15) is 8.42 Å². The molecule has 7 rings (SSSR count). The zero-order valence-corrected chi connectivity index (χ0v) is 24.9. The number of hydrogen-bond acceptors (Lipinski definition) is 5. The Morgan fingerprint density at radius 1 is 0.800 bits per heavy atom. The van der Waals surface area contributed by atoms with Gasteiger partial charge in [0.15, 0.2) is 9.84 Å². The van der Waals surface area contributed by atoms with Gasteiger partial charge in [0.2, 0.25) is 0 Å². The molecule has 0 radical (unpaired) electrons. The molecule has 2 aromatic rings. The molecule has 3 aliphatic heterocycles. The average molecular weight is 562 g/mol. The van der Waals surface area contributed by atoms with E-state index in [1.165, 1.54) is 71.0 Å². The molecule has 2 aliphatic carbocycles. The first-order valence-corrected chi connectivity index (χ1v) is 17.8. The number of fused-ring (bicyclic) bond motifs is 1. The molecule has 0 bridgehead atoms. The highest BCUT2D eigenvalue weighted by Crippen LogP contribution is 2.50. The second-order valence-electron chi connectivity index (χ2n) is 13.6. The smallest absolute Gasteiger partial charge is 0.178 e. The van der Waals surface area contributed by atoms with Crippen molar-refractivity contribution in [2.75, 3.05) is 49.9 Å². The number of likely N-dealkylation sites (tertiary alicyclic amines) is 1. The molecule has 3 heterocycles. The average Bonchev–Trinajstić information content (AvgIpc) is 3.48. The Bertz CT molecular complexity index is 1270. The van der Waals surface area contributed by atoms with Gasteiger partial charge in [-0.15, -0.1) is 0 Å². The zero-order valence-electron chi connectivity index (χ0n) is 24.1. The van der Waals surface area contributed by atoms with Crippen molar-refractivity contribution in [1.82, 2.24) is 10.2 Å². The van der Waals surface area contributed by atoms with Crippen molar-refractivity contribution in [3.05, 3.63) is 59.7 Å². The molecule has 2 saturated heterocycles. The van der Waals surface area contributed by atoms with Crippen LogP contribution in [0.2, 0.25) is 0 Å². The summed E-state index contributed by atoms with van der Waals surface area (Å²) in [5.41, 5.74) is 4.57. The molecule has 6 heteroatoms. The molecule has 5 nitrogen and oxygen atoms in total. The van der Waals surface area contributed by atoms with Gasteiger partial charge in [-0.1, -0.05) is 43.5 Å². The van der Waals surface area contributed by atoms with E-state index in [1.54, 1.807) is 11.1 Å². The normalized spacial score (nSPS) is 27.4. The van der Waals surface area contributed by atoms with Crippen molar-refractivity contribution in [3.63, 3.8) is 0 Å². The number of sulfone groups is 1. The first kappa shape index (κ1) is 27.0. The molecule has 216 valence electrons. The lowest BCUT2D eigenvalue weighted by Gasteiger charge is -2.53. The van der Waals surface area contributed by atoms with Gasteiger partial charge in [0, 0.05) is 43.3 Å². The molecule has 5 aliphatic rings. The Balaban J connectivity index is 0.937. The molecule has 2 saturated carbocycles. The first-order valence-electron chi connectivity index (χ1n) is 16.1. The molecule has 0 spiro atoms. The van der Waals surface area contributed by atoms with Crippen LogP contribution in [0.25, 0.3) is 0 Å². The van der Waals surface area contributed by atoms with Gasteiger partial charge in [-0.05, 0) is 111 Å². The van der Waals surface area contributed by atoms with Gasteiger partial charge in [0.1, 0.15) is 0 Å². The number of hydrogen-bond donors (Lipinski definition) is 1. The minimum atomic E-state index is -3.15. The molecular formula is C34H47N3O2S. The van der Waals surface area contributed by atoms with Crippen LogP contribution >= 0.6 is 0 Å². The van der Waals surface area contributed by atoms with E-state index in [-0.39, 0.29) is 5.54 Å². The Morgan fingerprint density at radius 3 is 2.20 bits per heavy atom. The van der Waals surface area contributed by atoms with Gasteiger partial charge in [0.25, 0.3) is 0 Å². The Hall–Kier alpha value is -1.89. The summed E-state index contributed by atoms with van der Waals surface area (Å²) in [5, 5.41) is 4.17. The van der Waals surface area contributed by atoms with Crippen LogP contribution in [0.1, 0.15) is 68.9 Å². The number of nitrogens with zero attached hydrogens (tertiary/aromatic N) is 2. The van der Waals surface area contributed by atoms with E-state index < -0.39 is 9.84 Å². The van der Waals surface area contributed by atoms with Crippen LogP contribution < -0.4 is 10.2 Å². The second kappa shape index (κ2) is 11.1. The Kier molecular flexibility index (Phi) is 7.47. The van der Waals surface area contributed by atoms with E-state index in [2.05, 4.69) is 39.4 Å². The summed E-state index contributed by atoms with van der Waals surface area (Å²) >= 11 is 0. The van der Waals surface area contributed by atoms with Crippen LogP contribution in [0.15, 0.2) is 53.4 Å². The fourth-order valence-corrected chi connectivity index (χ4v) is 10.5. The maximum Gasteiger partial charge on any atom is 0.178 e. The van der Waals surface area contributed by atoms with Gasteiger partial charge < -0.3 is 15.1 Å². The lowest BCUT2D eigenvalue weighted by molar-refractivity contribution is 0.0492. The van der Waals surface area contributed by atoms with E-state index in [1.807, 2.05) is 24.3 Å². The van der Waals surface area contributed by atoms with Crippen molar-refractivity contribution in [2.24, 2.45) is 23.7 Å². The summed E-state index contributed by atoms with van der Waals surface area (Å²) < 4.78 is 25.5. The molecule has 1 N–H and O–H groups in total. The molecule has 4 fully saturated rings. The predicted molar refractivity (Wildman–Crippen MR) is 162 cm³/mol. The standard InChI is InChI=1S/C34H47N3O2S/c38-40(39,25-26-6-5-7-26)32-14-12-31(13-15-32)37-23-27(24-37)22-36-20-17-30(18-21-36)34(29-9-2-3-10-29)33-11-4-1-8-28(33)16-19-35-34/h1,4,8,11-15,26-27,29-30,35H,2-3,5-7,9-10,16-25H2. The predicted octanol–water partition coefficient (Wildman–Crippen LogP) is 5.64. The van der Waals surface area contributed by atoms with E-state index in [4.69, 9.17) is 0 Å². The van der Waals surface area contributed by atoms with Crippen molar-refractivity contribution in [3.8, 4) is 0 Å². The molecular weight excluding hydrogens is 514 g/mol. The van der Waals surface area contributed by atoms with Crippen molar-refractivity contribution >= 4 is 15.5 Å². The minimum absolute atomic E-state index is 0.183. The molecule has 40 heavy (non-hydrogen) atoms. The van der Waals surface area contributed by atoms with Crippen molar-refractivity contribution in [2.45, 2.75) is 74.6 Å². The fraction of sp³-hybridized carbons (Fsp3) is 0.647. The highest BCUT2D eigenvalue weighted by molar-refractivity contribution is 7.91. The van der Waals surface area contributed by atoms with Crippen LogP contribution in [-0.2, 0) is 21.8 Å². The van der Waals surface area contributed by atoms with Crippen LogP contribution in [0.3, 0.4) is 0 Å². The third-order valence-electron chi connectivity index (χ3n) is 11.2. The number of rotatable bonds is 8. The number of nitrogens with one attached hydrogen (secondary N) is 1. The quantitative estimate of drug-likeness (QED) is 0.452. The highest BCUT2D eigenvalue weighted by Gasteiger charge is 2.50. The number of benzene rings is 2. The molecule has 2 aromatic carbocycles. The zero-order chi connectivity index (χ0) is 27.2. The van der Waals surface area contributed by atoms with Gasteiger partial charge in [0.05, 0.1) is 10.6 Å².